The number of hydrogen-bond donors (Lipinski definition) is 0. The van der Waals surface area contributed by atoms with E-state index in [0.29, 0.717) is 0 Å². The molecule has 0 aromatic heterocycles. The van der Waals surface area contributed by atoms with Gasteiger partial charge < -0.3 is 20.6 Å². The molecule has 0 aliphatic heterocycles. The summed E-state index contributed by atoms with van der Waals surface area (Å²) in [5.41, 5.74) is 0. The summed E-state index contributed by atoms with van der Waals surface area (Å²) in [6.45, 7) is 45.9. The van der Waals surface area contributed by atoms with Gasteiger partial charge in [0.1, 0.15) is 0 Å². The molecule has 0 amide bonds. The van der Waals surface area contributed by atoms with E-state index in [4.69, 9.17) is 20.6 Å². The maximum Gasteiger partial charge on any atom is 0.636 e. The lowest BCUT2D eigenvalue weighted by molar-refractivity contribution is 0.146. The van der Waals surface area contributed by atoms with Crippen LogP contribution in [0.1, 0.15) is 81.1 Å². The second-order valence-corrected chi connectivity index (χ2v) is 46.6. The summed E-state index contributed by atoms with van der Waals surface area (Å²) in [5.74, 6) is 1.75. The topological polar surface area (TPSA) is 46.2 Å². The predicted octanol–water partition coefficient (Wildman–Crippen LogP) is 12.7. The Hall–Kier alpha value is 1.32. The minimum absolute atomic E-state index is 0.875. The molecule has 0 fully saturated rings. The van der Waals surface area contributed by atoms with Crippen LogP contribution in [0.25, 0.3) is 0 Å². The second kappa shape index (κ2) is 20.1. The Morgan fingerprint density at radius 1 is 0.318 bits per heavy atom. The van der Waals surface area contributed by atoms with E-state index >= 15 is 0 Å². The fraction of sp³-hybridized carbons (Fsp3) is 1.00. The summed E-state index contributed by atoms with van der Waals surface area (Å²) < 4.78 is 34.0. The highest BCUT2D eigenvalue weighted by Gasteiger charge is 2.57. The molecule has 0 rings (SSSR count). The molecule has 0 bridgehead atoms. The molecule has 0 saturated carbocycles. The van der Waals surface area contributed by atoms with Gasteiger partial charge in [-0.25, -0.2) is 0 Å². The normalized spacial score (nSPS) is 14.3. The van der Waals surface area contributed by atoms with Crippen molar-refractivity contribution in [2.45, 2.75) is 196 Å². The lowest BCUT2D eigenvalue weighted by atomic mass is 10.1. The van der Waals surface area contributed by atoms with Crippen LogP contribution in [0.2, 0.25) is 115 Å². The minimum Gasteiger partial charge on any atom is -0.455 e. The highest BCUT2D eigenvalue weighted by molar-refractivity contribution is 6.92. The van der Waals surface area contributed by atoms with Crippen molar-refractivity contribution >= 4 is 59.0 Å². The Kier molecular flexibility index (Phi) is 21.7. The number of rotatable bonds is 22. The first-order valence-electron chi connectivity index (χ1n) is 18.3. The first kappa shape index (κ1) is 47.4. The van der Waals surface area contributed by atoms with Crippen LogP contribution in [-0.4, -0.2) is 59.0 Å². The van der Waals surface area contributed by atoms with Crippen molar-refractivity contribution in [2.24, 2.45) is 11.8 Å². The van der Waals surface area contributed by atoms with Crippen LogP contribution in [0.15, 0.2) is 0 Å². The van der Waals surface area contributed by atoms with E-state index < -0.39 is 59.0 Å². The average Bonchev–Trinajstić information content (AvgIpc) is 2.88. The van der Waals surface area contributed by atoms with E-state index in [1.807, 2.05) is 0 Å². The van der Waals surface area contributed by atoms with Gasteiger partial charge in [-0.05, 0) is 127 Å². The summed E-state index contributed by atoms with van der Waals surface area (Å²) in [6.07, 6.45) is 5.24. The van der Waals surface area contributed by atoms with Crippen molar-refractivity contribution in [3.05, 3.63) is 0 Å². The lowest BCUT2D eigenvalue weighted by Gasteiger charge is -2.45. The molecule has 0 unspecified atom stereocenters. The molecule has 0 radical (unpaired) electrons. The molecule has 0 saturated heterocycles. The summed E-state index contributed by atoms with van der Waals surface area (Å²) in [5, 5.41) is 0. The number of hydrogen-bond acceptors (Lipinski definition) is 5. The molecule has 12 heteroatoms. The summed E-state index contributed by atoms with van der Waals surface area (Å²) in [4.78, 5) is 0. The maximum atomic E-state index is 6.80. The third-order valence-corrected chi connectivity index (χ3v) is 36.6. The van der Waals surface area contributed by atoms with E-state index in [1.165, 1.54) is 37.8 Å². The van der Waals surface area contributed by atoms with Crippen molar-refractivity contribution in [1.82, 2.24) is 0 Å². The van der Waals surface area contributed by atoms with E-state index in [1.54, 1.807) is 0 Å². The molecule has 0 spiro atoms. The molecular formula is C32H82O5Si7. The van der Waals surface area contributed by atoms with E-state index in [0.717, 1.165) is 36.0 Å². The first-order chi connectivity index (χ1) is 19.8. The van der Waals surface area contributed by atoms with Gasteiger partial charge in [0.15, 0.2) is 49.9 Å². The Bertz CT molecular complexity index is 667. The monoisotopic (exact) mass is 742 g/mol. The largest absolute Gasteiger partial charge is 0.636 e. The highest BCUT2D eigenvalue weighted by Crippen LogP contribution is 2.34. The Morgan fingerprint density at radius 2 is 0.523 bits per heavy atom. The van der Waals surface area contributed by atoms with Gasteiger partial charge in [0.05, 0.1) is 0 Å². The molecule has 0 aliphatic rings. The zero-order valence-corrected chi connectivity index (χ0v) is 40.8. The van der Waals surface area contributed by atoms with Crippen LogP contribution < -0.4 is 0 Å². The molecule has 0 aromatic rings. The van der Waals surface area contributed by atoms with Crippen LogP contribution in [0.5, 0.6) is 0 Å². The van der Waals surface area contributed by atoms with Crippen LogP contribution in [0.4, 0.5) is 0 Å². The van der Waals surface area contributed by atoms with Crippen molar-refractivity contribution in [1.29, 1.82) is 0 Å². The van der Waals surface area contributed by atoms with Crippen molar-refractivity contribution in [3.8, 4) is 0 Å². The third-order valence-electron chi connectivity index (χ3n) is 9.43. The van der Waals surface area contributed by atoms with Gasteiger partial charge in [-0.1, -0.05) is 81.1 Å². The van der Waals surface area contributed by atoms with Gasteiger partial charge in [-0.2, -0.15) is 0 Å². The molecule has 0 aliphatic carbocycles. The van der Waals surface area contributed by atoms with Gasteiger partial charge in [-0.15, -0.1) is 0 Å². The molecule has 5 nitrogen and oxygen atoms in total. The molecule has 0 N–H and O–H groups in total. The summed E-state index contributed by atoms with van der Waals surface area (Å²) >= 11 is 0. The molecule has 0 heterocycles. The third kappa shape index (κ3) is 20.6. The quantitative estimate of drug-likeness (QED) is 0.103. The second-order valence-electron chi connectivity index (χ2n) is 16.8. The predicted molar refractivity (Wildman–Crippen MR) is 216 cm³/mol. The van der Waals surface area contributed by atoms with Gasteiger partial charge in [-0.3, -0.25) is 0 Å². The SMILES string of the molecule is CCC(CC)C[Si](C)(C)O[Si](C)(C)CC(CC)CC.CC[Si](C)(C)O[Si](O[Si](C)(C)CC)(O[Si](C)(C)CC)O[Si](C)(C)CC. The molecule has 44 heavy (non-hydrogen) atoms. The molecule has 0 aromatic carbocycles. The van der Waals surface area contributed by atoms with E-state index in [9.17, 15) is 0 Å². The average molecular weight is 744 g/mol. The Balaban J connectivity index is 0. The fourth-order valence-electron chi connectivity index (χ4n) is 5.14. The Labute approximate surface area is 286 Å². The van der Waals surface area contributed by atoms with Crippen molar-refractivity contribution in [2.75, 3.05) is 0 Å². The Morgan fingerprint density at radius 3 is 0.682 bits per heavy atom. The van der Waals surface area contributed by atoms with Crippen molar-refractivity contribution < 1.29 is 20.6 Å². The van der Waals surface area contributed by atoms with Crippen LogP contribution in [0.3, 0.4) is 0 Å². The van der Waals surface area contributed by atoms with Gasteiger partial charge in [0.25, 0.3) is 0 Å². The van der Waals surface area contributed by atoms with Crippen molar-refractivity contribution in [3.63, 3.8) is 0 Å². The van der Waals surface area contributed by atoms with Gasteiger partial charge in [0.2, 0.25) is 0 Å². The van der Waals surface area contributed by atoms with Crippen LogP contribution in [-0.2, 0) is 20.6 Å². The lowest BCUT2D eigenvalue weighted by Crippen LogP contribution is -2.66. The molecule has 0 atom stereocenters. The zero-order chi connectivity index (χ0) is 35.3. The zero-order valence-electron chi connectivity index (χ0n) is 33.8. The van der Waals surface area contributed by atoms with E-state index in [2.05, 4.69) is 134 Å². The van der Waals surface area contributed by atoms with Gasteiger partial charge in [0, 0.05) is 0 Å². The van der Waals surface area contributed by atoms with Crippen LogP contribution in [0, 0.1) is 11.8 Å². The summed E-state index contributed by atoms with van der Waals surface area (Å²) in [6, 6.07) is 6.84. The fourth-order valence-corrected chi connectivity index (χ4v) is 32.1. The standard InChI is InChI=1S/C16H44O4Si5.C16H38OSi2/c1-13-21(5,6)17-25(18-22(7,8)14-2,19-23(9,10)15-3)20-24(11,12)16-4;1-9-15(10-2)13-18(5,6)17-19(7,8)14-16(11-3)12-4/h13-16H2,1-12H3;15-16H,9-14H2,1-8H3. The smallest absolute Gasteiger partial charge is 0.455 e. The summed E-state index contributed by atoms with van der Waals surface area (Å²) in [7, 11) is -13.7. The van der Waals surface area contributed by atoms with Crippen LogP contribution >= 0.6 is 0 Å². The highest BCUT2D eigenvalue weighted by atomic mass is 28.5. The maximum absolute atomic E-state index is 6.80. The van der Waals surface area contributed by atoms with Gasteiger partial charge >= 0.3 is 9.05 Å². The molecule has 268 valence electrons. The molecular weight excluding hydrogens is 661 g/mol. The minimum atomic E-state index is -3.17. The first-order valence-corrected chi connectivity index (χ1v) is 38.6. The van der Waals surface area contributed by atoms with E-state index in [-0.39, 0.29) is 0 Å².